The summed E-state index contributed by atoms with van der Waals surface area (Å²) < 4.78 is 15.9. The molecular formula is C18H16O6. The van der Waals surface area contributed by atoms with Crippen molar-refractivity contribution in [3.05, 3.63) is 65.0 Å². The summed E-state index contributed by atoms with van der Waals surface area (Å²) in [6, 6.07) is 14.9. The molecule has 0 saturated heterocycles. The molecule has 0 amide bonds. The Morgan fingerprint density at radius 2 is 1.67 bits per heavy atom. The number of ether oxygens (including phenoxy) is 2. The van der Waals surface area contributed by atoms with Crippen LogP contribution in [-0.4, -0.2) is 29.5 Å². The molecule has 1 atom stereocenters. The second-order valence-electron chi connectivity index (χ2n) is 5.20. The molecule has 3 rings (SSSR count). The van der Waals surface area contributed by atoms with Crippen LogP contribution in [0, 0.1) is 0 Å². The minimum atomic E-state index is -0.822. The summed E-state index contributed by atoms with van der Waals surface area (Å²) in [6.45, 7) is 0.106. The molecular weight excluding hydrogens is 312 g/mol. The lowest BCUT2D eigenvalue weighted by atomic mass is 10.2. The van der Waals surface area contributed by atoms with E-state index in [1.807, 2.05) is 18.2 Å². The van der Waals surface area contributed by atoms with Crippen LogP contribution in [0.15, 0.2) is 63.8 Å². The summed E-state index contributed by atoms with van der Waals surface area (Å²) in [6.07, 6.45) is -0.822. The van der Waals surface area contributed by atoms with E-state index in [1.165, 1.54) is 6.07 Å². The number of hydrogen-bond acceptors (Lipinski definition) is 6. The maximum absolute atomic E-state index is 11.3. The molecule has 0 radical (unpaired) electrons. The van der Waals surface area contributed by atoms with Crippen molar-refractivity contribution in [1.82, 2.24) is 0 Å². The summed E-state index contributed by atoms with van der Waals surface area (Å²) in [7, 11) is 0. The summed E-state index contributed by atoms with van der Waals surface area (Å²) in [5.74, 6) is 0.929. The number of aromatic hydroxyl groups is 1. The van der Waals surface area contributed by atoms with Gasteiger partial charge >= 0.3 is 5.63 Å². The largest absolute Gasteiger partial charge is 0.507 e. The molecule has 6 heteroatoms. The van der Waals surface area contributed by atoms with Gasteiger partial charge in [0.2, 0.25) is 0 Å². The fourth-order valence-corrected chi connectivity index (χ4v) is 2.17. The van der Waals surface area contributed by atoms with Crippen LogP contribution in [0.2, 0.25) is 0 Å². The highest BCUT2D eigenvalue weighted by Gasteiger charge is 2.09. The van der Waals surface area contributed by atoms with E-state index in [2.05, 4.69) is 0 Å². The van der Waals surface area contributed by atoms with E-state index in [0.29, 0.717) is 16.9 Å². The van der Waals surface area contributed by atoms with E-state index in [4.69, 9.17) is 13.9 Å². The van der Waals surface area contributed by atoms with Crippen molar-refractivity contribution in [2.75, 3.05) is 13.2 Å². The van der Waals surface area contributed by atoms with Gasteiger partial charge in [-0.2, -0.15) is 0 Å². The molecule has 0 aliphatic rings. The summed E-state index contributed by atoms with van der Waals surface area (Å²) >= 11 is 0. The molecule has 0 aliphatic heterocycles. The van der Waals surface area contributed by atoms with Gasteiger partial charge in [0.05, 0.1) is 11.5 Å². The number of aliphatic hydroxyl groups excluding tert-OH is 1. The van der Waals surface area contributed by atoms with Gasteiger partial charge in [0.25, 0.3) is 0 Å². The van der Waals surface area contributed by atoms with Crippen LogP contribution in [0.5, 0.6) is 17.2 Å². The fraction of sp³-hybridized carbons (Fsp3) is 0.167. The Morgan fingerprint density at radius 1 is 0.958 bits per heavy atom. The molecule has 2 N–H and O–H groups in total. The Kier molecular flexibility index (Phi) is 4.67. The normalized spacial score (nSPS) is 12.0. The first-order valence-corrected chi connectivity index (χ1v) is 7.37. The predicted octanol–water partition coefficient (Wildman–Crippen LogP) is 2.32. The van der Waals surface area contributed by atoms with Gasteiger partial charge in [0.1, 0.15) is 42.1 Å². The van der Waals surface area contributed by atoms with Crippen molar-refractivity contribution < 1.29 is 24.1 Å². The zero-order chi connectivity index (χ0) is 16.9. The summed E-state index contributed by atoms with van der Waals surface area (Å²) in [4.78, 5) is 11.3. The molecule has 1 heterocycles. The smallest absolute Gasteiger partial charge is 0.339 e. The van der Waals surface area contributed by atoms with Gasteiger partial charge in [0.15, 0.2) is 0 Å². The summed E-state index contributed by atoms with van der Waals surface area (Å²) in [5, 5.41) is 20.0. The monoisotopic (exact) mass is 328 g/mol. The van der Waals surface area contributed by atoms with Gasteiger partial charge in [0, 0.05) is 6.07 Å². The average Bonchev–Trinajstić information content (AvgIpc) is 2.58. The average molecular weight is 328 g/mol. The third-order valence-corrected chi connectivity index (χ3v) is 3.32. The Hall–Kier alpha value is -2.99. The van der Waals surface area contributed by atoms with E-state index >= 15 is 0 Å². The van der Waals surface area contributed by atoms with Crippen LogP contribution in [0.1, 0.15) is 0 Å². The topological polar surface area (TPSA) is 89.1 Å². The van der Waals surface area contributed by atoms with Gasteiger partial charge in [-0.1, -0.05) is 18.2 Å². The minimum Gasteiger partial charge on any atom is -0.507 e. The summed E-state index contributed by atoms with van der Waals surface area (Å²) in [5.41, 5.74) is -0.430. The first-order chi connectivity index (χ1) is 11.6. The molecule has 3 aromatic rings. The quantitative estimate of drug-likeness (QED) is 0.675. The van der Waals surface area contributed by atoms with Crippen molar-refractivity contribution in [2.45, 2.75) is 6.10 Å². The highest BCUT2D eigenvalue weighted by Crippen LogP contribution is 2.26. The van der Waals surface area contributed by atoms with Crippen LogP contribution in [0.25, 0.3) is 11.0 Å². The molecule has 0 spiro atoms. The molecule has 0 fully saturated rings. The van der Waals surface area contributed by atoms with Gasteiger partial charge in [-0.15, -0.1) is 0 Å². The number of benzene rings is 2. The van der Waals surface area contributed by atoms with Crippen molar-refractivity contribution in [1.29, 1.82) is 0 Å². The number of rotatable bonds is 6. The maximum Gasteiger partial charge on any atom is 0.339 e. The molecule has 1 aromatic heterocycles. The lowest BCUT2D eigenvalue weighted by Crippen LogP contribution is -2.25. The van der Waals surface area contributed by atoms with E-state index in [-0.39, 0.29) is 24.5 Å². The number of hydrogen-bond donors (Lipinski definition) is 2. The van der Waals surface area contributed by atoms with Crippen molar-refractivity contribution in [3.63, 3.8) is 0 Å². The first kappa shape index (κ1) is 15.9. The van der Waals surface area contributed by atoms with Gasteiger partial charge in [-0.05, 0) is 24.3 Å². The number of fused-ring (bicyclic) bond motifs is 1. The molecule has 2 aromatic carbocycles. The van der Waals surface area contributed by atoms with Gasteiger partial charge < -0.3 is 24.1 Å². The highest BCUT2D eigenvalue weighted by atomic mass is 16.5. The Bertz CT molecular complexity index is 872. The van der Waals surface area contributed by atoms with Crippen molar-refractivity contribution >= 4 is 11.0 Å². The third-order valence-electron chi connectivity index (χ3n) is 3.32. The molecule has 124 valence electrons. The highest BCUT2D eigenvalue weighted by molar-refractivity contribution is 5.83. The molecule has 0 aliphatic carbocycles. The number of para-hydroxylation sites is 1. The van der Waals surface area contributed by atoms with E-state index in [0.717, 1.165) is 6.07 Å². The first-order valence-electron chi connectivity index (χ1n) is 7.37. The molecule has 0 saturated carbocycles. The maximum atomic E-state index is 11.3. The van der Waals surface area contributed by atoms with Gasteiger partial charge in [-0.25, -0.2) is 4.79 Å². The Labute approximate surface area is 137 Å². The fourth-order valence-electron chi connectivity index (χ4n) is 2.17. The van der Waals surface area contributed by atoms with Gasteiger partial charge in [-0.3, -0.25) is 0 Å². The third kappa shape index (κ3) is 3.85. The van der Waals surface area contributed by atoms with Crippen molar-refractivity contribution in [3.8, 4) is 17.2 Å². The van der Waals surface area contributed by atoms with E-state index in [1.54, 1.807) is 24.3 Å². The second kappa shape index (κ2) is 7.06. The zero-order valence-corrected chi connectivity index (χ0v) is 12.7. The SMILES string of the molecule is O=c1cc(O)c2ccc(OC[C@@H](O)COc3ccccc3)cc2o1. The minimum absolute atomic E-state index is 0.0153. The second-order valence-corrected chi connectivity index (χ2v) is 5.20. The Balaban J connectivity index is 1.60. The van der Waals surface area contributed by atoms with Crippen LogP contribution in [-0.2, 0) is 0 Å². The zero-order valence-electron chi connectivity index (χ0n) is 12.7. The lowest BCUT2D eigenvalue weighted by Gasteiger charge is -2.13. The molecule has 0 bridgehead atoms. The van der Waals surface area contributed by atoms with Crippen LogP contribution < -0.4 is 15.1 Å². The molecule has 6 nitrogen and oxygen atoms in total. The van der Waals surface area contributed by atoms with Crippen LogP contribution in [0.4, 0.5) is 0 Å². The Morgan fingerprint density at radius 3 is 2.42 bits per heavy atom. The van der Waals surface area contributed by atoms with Crippen LogP contribution >= 0.6 is 0 Å². The predicted molar refractivity (Wildman–Crippen MR) is 87.6 cm³/mol. The molecule has 24 heavy (non-hydrogen) atoms. The van der Waals surface area contributed by atoms with Crippen LogP contribution in [0.3, 0.4) is 0 Å². The van der Waals surface area contributed by atoms with E-state index < -0.39 is 11.7 Å². The molecule has 0 unspecified atom stereocenters. The lowest BCUT2D eigenvalue weighted by molar-refractivity contribution is 0.0626. The van der Waals surface area contributed by atoms with E-state index in [9.17, 15) is 15.0 Å². The number of aliphatic hydroxyl groups is 1. The van der Waals surface area contributed by atoms with Crippen molar-refractivity contribution in [2.24, 2.45) is 0 Å². The standard InChI is InChI=1S/C18H16O6/c19-12(10-22-13-4-2-1-3-5-13)11-23-14-6-7-15-16(20)9-18(21)24-17(15)8-14/h1-9,12,19-20H,10-11H2/t12-/m0/s1.